The van der Waals surface area contributed by atoms with Gasteiger partial charge in [-0.1, -0.05) is 6.07 Å². The third-order valence-electron chi connectivity index (χ3n) is 5.88. The van der Waals surface area contributed by atoms with Crippen LogP contribution in [0.4, 0.5) is 0 Å². The number of carbonyl (C=O) groups is 1. The summed E-state index contributed by atoms with van der Waals surface area (Å²) in [6, 6.07) is 6.33. The largest absolute Gasteiger partial charge is 0.493 e. The normalized spacial score (nSPS) is 23.7. The highest BCUT2D eigenvalue weighted by atomic mass is 16.5. The van der Waals surface area contributed by atoms with Crippen molar-refractivity contribution in [3.8, 4) is 11.5 Å². The first-order chi connectivity index (χ1) is 13.6. The number of esters is 1. The summed E-state index contributed by atoms with van der Waals surface area (Å²) >= 11 is 0. The third kappa shape index (κ3) is 4.33. The topological polar surface area (TPSA) is 66.0 Å². The van der Waals surface area contributed by atoms with E-state index < -0.39 is 0 Å². The Hall–Kier alpha value is -2.05. The van der Waals surface area contributed by atoms with E-state index in [-0.39, 0.29) is 17.4 Å². The van der Waals surface area contributed by atoms with Gasteiger partial charge in [-0.15, -0.1) is 0 Å². The number of unbranched alkanes of at least 4 members (excludes halogenated alkanes) is 1. The van der Waals surface area contributed by atoms with Gasteiger partial charge in [-0.3, -0.25) is 4.79 Å². The summed E-state index contributed by atoms with van der Waals surface area (Å²) in [7, 11) is 4.98. The Morgan fingerprint density at radius 3 is 2.71 bits per heavy atom. The molecule has 1 saturated heterocycles. The highest BCUT2D eigenvalue weighted by Crippen LogP contribution is 2.46. The lowest BCUT2D eigenvalue weighted by molar-refractivity contribution is -0.140. The number of fused-ring (bicyclic) bond motifs is 1. The summed E-state index contributed by atoms with van der Waals surface area (Å²) in [5, 5.41) is 3.57. The molecular formula is C22H31NO5. The van der Waals surface area contributed by atoms with Crippen molar-refractivity contribution < 1.29 is 23.7 Å². The van der Waals surface area contributed by atoms with Gasteiger partial charge in [-0.2, -0.15) is 0 Å². The Bertz CT molecular complexity index is 717. The van der Waals surface area contributed by atoms with E-state index >= 15 is 0 Å². The molecule has 0 saturated carbocycles. The highest BCUT2D eigenvalue weighted by molar-refractivity contribution is 5.70. The van der Waals surface area contributed by atoms with Crippen LogP contribution in [0.3, 0.4) is 0 Å². The van der Waals surface area contributed by atoms with Gasteiger partial charge in [0, 0.05) is 38.0 Å². The minimum atomic E-state index is -0.154. The van der Waals surface area contributed by atoms with Gasteiger partial charge in [0.15, 0.2) is 11.5 Å². The molecule has 1 aliphatic carbocycles. The summed E-state index contributed by atoms with van der Waals surface area (Å²) in [4.78, 5) is 12.1. The van der Waals surface area contributed by atoms with Crippen molar-refractivity contribution in [2.24, 2.45) is 0 Å². The van der Waals surface area contributed by atoms with E-state index in [0.29, 0.717) is 13.0 Å². The molecular weight excluding hydrogens is 358 g/mol. The van der Waals surface area contributed by atoms with Gasteiger partial charge in [0.25, 0.3) is 0 Å². The lowest BCUT2D eigenvalue weighted by Crippen LogP contribution is -2.41. The van der Waals surface area contributed by atoms with Crippen molar-refractivity contribution in [3.05, 3.63) is 35.6 Å². The molecule has 0 bridgehead atoms. The van der Waals surface area contributed by atoms with Crippen LogP contribution in [0, 0.1) is 0 Å². The fourth-order valence-corrected chi connectivity index (χ4v) is 4.33. The quantitative estimate of drug-likeness (QED) is 0.516. The zero-order chi connectivity index (χ0) is 20.0. The average molecular weight is 389 g/mol. The number of ether oxygens (including phenoxy) is 4. The van der Waals surface area contributed by atoms with Crippen molar-refractivity contribution in [1.29, 1.82) is 0 Å². The molecule has 2 aliphatic rings. The second kappa shape index (κ2) is 9.43. The van der Waals surface area contributed by atoms with Crippen molar-refractivity contribution in [2.45, 2.75) is 50.0 Å². The fraction of sp³-hybridized carbons (Fsp3) is 0.591. The van der Waals surface area contributed by atoms with Gasteiger partial charge in [0.2, 0.25) is 0 Å². The number of allylic oxidation sites excluding steroid dienone is 1. The van der Waals surface area contributed by atoms with E-state index in [4.69, 9.17) is 18.9 Å². The molecule has 3 rings (SSSR count). The van der Waals surface area contributed by atoms with Gasteiger partial charge in [-0.25, -0.2) is 0 Å². The summed E-state index contributed by atoms with van der Waals surface area (Å²) in [6.07, 6.45) is 6.93. The number of hydrogen-bond donors (Lipinski definition) is 1. The van der Waals surface area contributed by atoms with E-state index in [1.54, 1.807) is 21.3 Å². The van der Waals surface area contributed by atoms with Crippen LogP contribution in [0.1, 0.15) is 44.1 Å². The number of hydrogen-bond acceptors (Lipinski definition) is 6. The molecule has 1 aromatic rings. The van der Waals surface area contributed by atoms with Crippen LogP contribution in [0.15, 0.2) is 30.0 Å². The molecule has 154 valence electrons. The Morgan fingerprint density at radius 2 is 1.96 bits per heavy atom. The summed E-state index contributed by atoms with van der Waals surface area (Å²) in [5.41, 5.74) is 1.23. The molecule has 1 aliphatic heterocycles. The van der Waals surface area contributed by atoms with Gasteiger partial charge in [-0.05, 0) is 56.0 Å². The SMILES string of the molecule is COCCCCC(=O)OC1=CC2NCCC2(c2ccc(OC)c(OC)c2)CC1. The molecule has 1 aromatic carbocycles. The molecule has 1 fully saturated rings. The number of methoxy groups -OCH3 is 3. The first-order valence-electron chi connectivity index (χ1n) is 9.99. The van der Waals surface area contributed by atoms with E-state index in [1.165, 1.54) is 5.56 Å². The van der Waals surface area contributed by atoms with Crippen LogP contribution in [-0.2, 0) is 19.7 Å². The molecule has 2 atom stereocenters. The Balaban J connectivity index is 1.71. The second-order valence-electron chi connectivity index (χ2n) is 7.46. The van der Waals surface area contributed by atoms with Crippen LogP contribution in [0.25, 0.3) is 0 Å². The number of nitrogens with one attached hydrogen (secondary N) is 1. The molecule has 0 radical (unpaired) electrons. The van der Waals surface area contributed by atoms with Crippen LogP contribution in [0.2, 0.25) is 0 Å². The Labute approximate surface area is 167 Å². The van der Waals surface area contributed by atoms with E-state index in [1.807, 2.05) is 6.07 Å². The van der Waals surface area contributed by atoms with Crippen LogP contribution in [0.5, 0.6) is 11.5 Å². The minimum Gasteiger partial charge on any atom is -0.493 e. The Kier molecular flexibility index (Phi) is 6.97. The lowest BCUT2D eigenvalue weighted by Gasteiger charge is -2.38. The maximum absolute atomic E-state index is 12.1. The van der Waals surface area contributed by atoms with Crippen LogP contribution in [-0.4, -0.2) is 46.5 Å². The number of carbonyl (C=O) groups excluding carboxylic acids is 1. The lowest BCUT2D eigenvalue weighted by atomic mass is 9.68. The minimum absolute atomic E-state index is 0.00603. The van der Waals surface area contributed by atoms with Gasteiger partial charge in [0.1, 0.15) is 5.76 Å². The highest BCUT2D eigenvalue weighted by Gasteiger charge is 2.46. The van der Waals surface area contributed by atoms with Gasteiger partial charge >= 0.3 is 5.97 Å². The van der Waals surface area contributed by atoms with Crippen LogP contribution >= 0.6 is 0 Å². The second-order valence-corrected chi connectivity index (χ2v) is 7.46. The first-order valence-corrected chi connectivity index (χ1v) is 9.99. The predicted molar refractivity (Wildman–Crippen MR) is 107 cm³/mol. The fourth-order valence-electron chi connectivity index (χ4n) is 4.33. The van der Waals surface area contributed by atoms with Crippen molar-refractivity contribution in [3.63, 3.8) is 0 Å². The first kappa shape index (κ1) is 20.7. The van der Waals surface area contributed by atoms with Crippen molar-refractivity contribution >= 4 is 5.97 Å². The van der Waals surface area contributed by atoms with E-state index in [2.05, 4.69) is 23.5 Å². The maximum Gasteiger partial charge on any atom is 0.310 e. The standard InChI is InChI=1S/C22H31NO5/c1-25-13-5-4-6-21(24)28-17-9-10-22(11-12-23-20(22)15-17)16-7-8-18(26-2)19(14-16)27-3/h7-8,14-15,20,23H,4-6,9-13H2,1-3H3. The third-order valence-corrected chi connectivity index (χ3v) is 5.88. The van der Waals surface area contributed by atoms with Gasteiger partial charge < -0.3 is 24.3 Å². The zero-order valence-electron chi connectivity index (χ0n) is 17.1. The molecule has 1 heterocycles. The van der Waals surface area contributed by atoms with E-state index in [9.17, 15) is 4.79 Å². The van der Waals surface area contributed by atoms with Crippen molar-refractivity contribution in [2.75, 3.05) is 34.5 Å². The average Bonchev–Trinajstić information content (AvgIpc) is 3.15. The van der Waals surface area contributed by atoms with Crippen LogP contribution < -0.4 is 14.8 Å². The number of benzene rings is 1. The molecule has 0 spiro atoms. The summed E-state index contributed by atoms with van der Waals surface area (Å²) in [5.74, 6) is 2.11. The molecule has 6 nitrogen and oxygen atoms in total. The van der Waals surface area contributed by atoms with E-state index in [0.717, 1.165) is 55.9 Å². The van der Waals surface area contributed by atoms with Gasteiger partial charge in [0.05, 0.1) is 14.2 Å². The molecule has 28 heavy (non-hydrogen) atoms. The van der Waals surface area contributed by atoms with Crippen molar-refractivity contribution in [1.82, 2.24) is 5.32 Å². The summed E-state index contributed by atoms with van der Waals surface area (Å²) < 4.78 is 21.5. The molecule has 6 heteroatoms. The zero-order valence-corrected chi connectivity index (χ0v) is 17.1. The number of rotatable bonds is 9. The smallest absolute Gasteiger partial charge is 0.310 e. The monoisotopic (exact) mass is 389 g/mol. The maximum atomic E-state index is 12.1. The molecule has 0 amide bonds. The molecule has 1 N–H and O–H groups in total. The molecule has 2 unspecified atom stereocenters. The summed E-state index contributed by atoms with van der Waals surface area (Å²) in [6.45, 7) is 1.61. The predicted octanol–water partition coefficient (Wildman–Crippen LogP) is 3.34. The Morgan fingerprint density at radius 1 is 1.14 bits per heavy atom. The molecule has 0 aromatic heterocycles.